The normalized spacial score (nSPS) is 25.4. The Hall–Kier alpha value is -2.68. The highest BCUT2D eigenvalue weighted by Crippen LogP contribution is 2.47. The van der Waals surface area contributed by atoms with E-state index in [1.165, 1.54) is 25.0 Å². The van der Waals surface area contributed by atoms with Gasteiger partial charge in [0.1, 0.15) is 17.5 Å². The number of nitrogens with one attached hydrogen (secondary N) is 2. The summed E-state index contributed by atoms with van der Waals surface area (Å²) in [6.45, 7) is 2.30. The Morgan fingerprint density at radius 1 is 1.23 bits per heavy atom. The molecule has 188 valence electrons. The molecule has 3 fully saturated rings. The number of carbonyl (C=O) groups is 1. The standard InChI is InChI=1S/C26H31F3N4O2/c1-15-31-19(12-21(34)33-26-9-7-16(13-26)8-10-26)22(20-6-3-11-35-20)25(32-15)30-14-17-4-2-5-18(23(17)27)24(28)29/h2,4-5,16,20,24H,3,6-14H2,1H3,(H,33,34)(H,30,31,32). The van der Waals surface area contributed by atoms with E-state index in [0.717, 1.165) is 44.1 Å². The molecule has 2 heterocycles. The minimum atomic E-state index is -2.89. The molecule has 2 aliphatic carbocycles. The summed E-state index contributed by atoms with van der Waals surface area (Å²) in [4.78, 5) is 22.2. The van der Waals surface area contributed by atoms with E-state index in [1.54, 1.807) is 6.92 Å². The van der Waals surface area contributed by atoms with Crippen LogP contribution < -0.4 is 10.6 Å². The van der Waals surface area contributed by atoms with Crippen LogP contribution in [0.1, 0.15) is 85.7 Å². The van der Waals surface area contributed by atoms with Gasteiger partial charge in [-0.05, 0) is 57.8 Å². The van der Waals surface area contributed by atoms with E-state index in [0.29, 0.717) is 29.5 Å². The number of rotatable bonds is 8. The van der Waals surface area contributed by atoms with Crippen LogP contribution in [0.25, 0.3) is 0 Å². The van der Waals surface area contributed by atoms with E-state index in [4.69, 9.17) is 4.74 Å². The third-order valence-electron chi connectivity index (χ3n) is 7.65. The molecule has 1 amide bonds. The molecule has 0 radical (unpaired) electrons. The van der Waals surface area contributed by atoms with E-state index < -0.39 is 17.8 Å². The average molecular weight is 489 g/mol. The average Bonchev–Trinajstić information content (AvgIpc) is 3.56. The van der Waals surface area contributed by atoms with Crippen molar-refractivity contribution < 1.29 is 22.7 Å². The van der Waals surface area contributed by atoms with Gasteiger partial charge in [-0.2, -0.15) is 0 Å². The maximum atomic E-state index is 14.6. The number of hydrogen-bond acceptors (Lipinski definition) is 5. The van der Waals surface area contributed by atoms with Gasteiger partial charge in [0, 0.05) is 29.8 Å². The fourth-order valence-electron chi connectivity index (χ4n) is 6.00. The number of fused-ring (bicyclic) bond motifs is 2. The van der Waals surface area contributed by atoms with Crippen molar-refractivity contribution in [2.75, 3.05) is 11.9 Å². The number of benzene rings is 1. The van der Waals surface area contributed by atoms with E-state index in [-0.39, 0.29) is 36.1 Å². The predicted octanol–water partition coefficient (Wildman–Crippen LogP) is 5.32. The van der Waals surface area contributed by atoms with Crippen LogP contribution >= 0.6 is 0 Å². The number of halogens is 3. The molecular formula is C26H31F3N4O2. The summed E-state index contributed by atoms with van der Waals surface area (Å²) >= 11 is 0. The van der Waals surface area contributed by atoms with Crippen molar-refractivity contribution in [2.24, 2.45) is 5.92 Å². The number of anilines is 1. The van der Waals surface area contributed by atoms with Crippen LogP contribution in [0.15, 0.2) is 18.2 Å². The van der Waals surface area contributed by atoms with E-state index in [2.05, 4.69) is 20.6 Å². The number of carbonyl (C=O) groups excluding carboxylic acids is 1. The molecule has 1 aromatic heterocycles. The number of aryl methyl sites for hydroxylation is 1. The summed E-state index contributed by atoms with van der Waals surface area (Å²) in [5.41, 5.74) is 0.701. The molecular weight excluding hydrogens is 457 g/mol. The van der Waals surface area contributed by atoms with Gasteiger partial charge in [0.25, 0.3) is 6.43 Å². The third kappa shape index (κ3) is 5.01. The van der Waals surface area contributed by atoms with Crippen LogP contribution in [-0.2, 0) is 22.5 Å². The van der Waals surface area contributed by atoms with E-state index in [9.17, 15) is 18.0 Å². The van der Waals surface area contributed by atoms with Crippen LogP contribution in [0.2, 0.25) is 0 Å². The van der Waals surface area contributed by atoms with Crippen molar-refractivity contribution in [1.29, 1.82) is 0 Å². The Morgan fingerprint density at radius 3 is 2.69 bits per heavy atom. The summed E-state index contributed by atoms with van der Waals surface area (Å²) in [6, 6.07) is 3.97. The molecule has 6 nitrogen and oxygen atoms in total. The molecule has 2 bridgehead atoms. The highest BCUT2D eigenvalue weighted by molar-refractivity contribution is 5.80. The first-order valence-electron chi connectivity index (χ1n) is 12.4. The lowest BCUT2D eigenvalue weighted by molar-refractivity contribution is -0.122. The zero-order valence-corrected chi connectivity index (χ0v) is 19.9. The minimum Gasteiger partial charge on any atom is -0.373 e. The highest BCUT2D eigenvalue weighted by atomic mass is 19.3. The maximum Gasteiger partial charge on any atom is 0.266 e. The number of nitrogens with zero attached hydrogens (tertiary/aromatic N) is 2. The quantitative estimate of drug-likeness (QED) is 0.526. The highest BCUT2D eigenvalue weighted by Gasteiger charge is 2.45. The monoisotopic (exact) mass is 488 g/mol. The second-order valence-corrected chi connectivity index (χ2v) is 10.1. The molecule has 1 saturated heterocycles. The van der Waals surface area contributed by atoms with Gasteiger partial charge < -0.3 is 15.4 Å². The topological polar surface area (TPSA) is 76.1 Å². The maximum absolute atomic E-state index is 14.6. The summed E-state index contributed by atoms with van der Waals surface area (Å²) in [5, 5.41) is 6.41. The van der Waals surface area contributed by atoms with Crippen molar-refractivity contribution >= 4 is 11.7 Å². The van der Waals surface area contributed by atoms with Gasteiger partial charge in [0.15, 0.2) is 0 Å². The summed E-state index contributed by atoms with van der Waals surface area (Å²) in [6.07, 6.45) is 4.02. The Morgan fingerprint density at radius 2 is 2.03 bits per heavy atom. The first-order valence-corrected chi connectivity index (χ1v) is 12.4. The molecule has 1 aliphatic heterocycles. The van der Waals surface area contributed by atoms with Gasteiger partial charge in [-0.25, -0.2) is 23.1 Å². The van der Waals surface area contributed by atoms with Gasteiger partial charge in [-0.15, -0.1) is 0 Å². The second-order valence-electron chi connectivity index (χ2n) is 10.1. The molecule has 1 unspecified atom stereocenters. The van der Waals surface area contributed by atoms with Gasteiger partial charge in [0.2, 0.25) is 5.91 Å². The lowest BCUT2D eigenvalue weighted by atomic mass is 9.93. The molecule has 0 spiro atoms. The third-order valence-corrected chi connectivity index (χ3v) is 7.65. The van der Waals surface area contributed by atoms with Gasteiger partial charge in [-0.1, -0.05) is 18.2 Å². The van der Waals surface area contributed by atoms with Gasteiger partial charge >= 0.3 is 0 Å². The van der Waals surface area contributed by atoms with Crippen LogP contribution in [-0.4, -0.2) is 28.0 Å². The fourth-order valence-corrected chi connectivity index (χ4v) is 6.00. The van der Waals surface area contributed by atoms with Crippen LogP contribution in [0.4, 0.5) is 19.0 Å². The number of amides is 1. The smallest absolute Gasteiger partial charge is 0.266 e. The first-order chi connectivity index (χ1) is 16.8. The number of hydrogen-bond donors (Lipinski definition) is 2. The van der Waals surface area contributed by atoms with Crippen LogP contribution in [0.3, 0.4) is 0 Å². The van der Waals surface area contributed by atoms with E-state index >= 15 is 0 Å². The number of aromatic nitrogens is 2. The van der Waals surface area contributed by atoms with Gasteiger partial charge in [0.05, 0.1) is 23.8 Å². The van der Waals surface area contributed by atoms with Gasteiger partial charge in [-0.3, -0.25) is 4.79 Å². The number of alkyl halides is 2. The molecule has 1 atom stereocenters. The predicted molar refractivity (Wildman–Crippen MR) is 125 cm³/mol. The molecule has 35 heavy (non-hydrogen) atoms. The van der Waals surface area contributed by atoms with Crippen LogP contribution in [0, 0.1) is 18.7 Å². The summed E-state index contributed by atoms with van der Waals surface area (Å²) in [7, 11) is 0. The zero-order valence-electron chi connectivity index (χ0n) is 19.9. The molecule has 3 aliphatic rings. The van der Waals surface area contributed by atoms with Crippen molar-refractivity contribution in [3.8, 4) is 0 Å². The summed E-state index contributed by atoms with van der Waals surface area (Å²) < 4.78 is 46.8. The lowest BCUT2D eigenvalue weighted by Crippen LogP contribution is -2.45. The molecule has 1 aromatic carbocycles. The second kappa shape index (κ2) is 9.76. The first kappa shape index (κ1) is 24.0. The van der Waals surface area contributed by atoms with Crippen LogP contribution in [0.5, 0.6) is 0 Å². The Bertz CT molecular complexity index is 1100. The van der Waals surface area contributed by atoms with Crippen molar-refractivity contribution in [3.05, 3.63) is 52.2 Å². The van der Waals surface area contributed by atoms with Crippen molar-refractivity contribution in [2.45, 2.75) is 82.9 Å². The largest absolute Gasteiger partial charge is 0.373 e. The molecule has 2 N–H and O–H groups in total. The zero-order chi connectivity index (χ0) is 24.6. The minimum absolute atomic E-state index is 0.0291. The number of ether oxygens (including phenoxy) is 1. The molecule has 2 saturated carbocycles. The Kier molecular flexibility index (Phi) is 6.70. The molecule has 2 aromatic rings. The Labute approximate surface area is 203 Å². The van der Waals surface area contributed by atoms with Crippen molar-refractivity contribution in [3.63, 3.8) is 0 Å². The SMILES string of the molecule is Cc1nc(CC(=O)NC23CCC(CC2)C3)c(C2CCCO2)c(NCc2cccc(C(F)F)c2F)n1. The molecule has 9 heteroatoms. The van der Waals surface area contributed by atoms with Crippen molar-refractivity contribution in [1.82, 2.24) is 15.3 Å². The summed E-state index contributed by atoms with van der Waals surface area (Å²) in [5.74, 6) is 0.655. The lowest BCUT2D eigenvalue weighted by Gasteiger charge is -2.28. The molecule has 5 rings (SSSR count). The van der Waals surface area contributed by atoms with E-state index in [1.807, 2.05) is 0 Å². The fraction of sp³-hybridized carbons (Fsp3) is 0.577. The Balaban J connectivity index is 1.40.